The average molecular weight is 313 g/mol. The van der Waals surface area contributed by atoms with E-state index in [1.807, 2.05) is 0 Å². The number of rotatable bonds is 7. The van der Waals surface area contributed by atoms with Crippen LogP contribution in [0.15, 0.2) is 29.2 Å². The molecule has 0 saturated carbocycles. The zero-order valence-electron chi connectivity index (χ0n) is 12.6. The van der Waals surface area contributed by atoms with Crippen molar-refractivity contribution in [3.63, 3.8) is 0 Å². The summed E-state index contributed by atoms with van der Waals surface area (Å²) in [6, 6.07) is 6.08. The van der Waals surface area contributed by atoms with Crippen LogP contribution in [0.4, 0.5) is 0 Å². The Hall–Kier alpha value is -1.44. The molecular weight excluding hydrogens is 290 g/mol. The largest absolute Gasteiger partial charge is 0.389 e. The Kier molecular flexibility index (Phi) is 5.49. The van der Waals surface area contributed by atoms with E-state index in [0.717, 1.165) is 0 Å². The van der Waals surface area contributed by atoms with E-state index >= 15 is 0 Å². The lowest BCUT2D eigenvalue weighted by Gasteiger charge is -2.25. The minimum absolute atomic E-state index is 0.0546. The minimum Gasteiger partial charge on any atom is -0.389 e. The number of sulfone groups is 1. The van der Waals surface area contributed by atoms with Gasteiger partial charge in [-0.05, 0) is 33.0 Å². The summed E-state index contributed by atoms with van der Waals surface area (Å²) in [7, 11) is -1.68. The van der Waals surface area contributed by atoms with Gasteiger partial charge in [-0.15, -0.1) is 0 Å². The van der Waals surface area contributed by atoms with Crippen LogP contribution in [-0.2, 0) is 9.84 Å². The number of hydrogen-bond donors (Lipinski definition) is 3. The second kappa shape index (κ2) is 6.55. The van der Waals surface area contributed by atoms with Gasteiger partial charge in [0.25, 0.3) is 0 Å². The highest BCUT2D eigenvalue weighted by atomic mass is 32.2. The van der Waals surface area contributed by atoms with Crippen molar-refractivity contribution in [1.29, 1.82) is 5.41 Å². The van der Waals surface area contributed by atoms with E-state index < -0.39 is 15.4 Å². The molecule has 1 aromatic rings. The van der Waals surface area contributed by atoms with Crippen molar-refractivity contribution < 1.29 is 13.5 Å². The fourth-order valence-electron chi connectivity index (χ4n) is 1.99. The van der Waals surface area contributed by atoms with Crippen LogP contribution in [0.1, 0.15) is 19.4 Å². The van der Waals surface area contributed by atoms with E-state index in [4.69, 9.17) is 11.1 Å². The maximum Gasteiger partial charge on any atom is 0.179 e. The van der Waals surface area contributed by atoms with Gasteiger partial charge in [-0.2, -0.15) is 0 Å². The third-order valence-electron chi connectivity index (χ3n) is 2.90. The van der Waals surface area contributed by atoms with Gasteiger partial charge in [-0.25, -0.2) is 8.42 Å². The molecule has 0 amide bonds. The van der Waals surface area contributed by atoms with Gasteiger partial charge in [0.05, 0.1) is 16.2 Å². The van der Waals surface area contributed by atoms with Gasteiger partial charge in [0.2, 0.25) is 0 Å². The molecule has 0 spiro atoms. The molecule has 1 aromatic carbocycles. The number of hydrogen-bond acceptors (Lipinski definition) is 5. The summed E-state index contributed by atoms with van der Waals surface area (Å²) in [5.74, 6) is -0.216. The van der Waals surface area contributed by atoms with Gasteiger partial charge in [0.1, 0.15) is 5.84 Å². The Morgan fingerprint density at radius 1 is 1.43 bits per heavy atom. The van der Waals surface area contributed by atoms with Gasteiger partial charge in [-0.1, -0.05) is 12.1 Å². The van der Waals surface area contributed by atoms with Crippen LogP contribution in [0.3, 0.4) is 0 Å². The third-order valence-corrected chi connectivity index (χ3v) is 4.59. The molecule has 0 radical (unpaired) electrons. The lowest BCUT2D eigenvalue weighted by Crippen LogP contribution is -2.38. The zero-order valence-corrected chi connectivity index (χ0v) is 13.4. The molecule has 0 fully saturated rings. The van der Waals surface area contributed by atoms with Crippen LogP contribution in [0.25, 0.3) is 0 Å². The number of nitrogens with two attached hydrogens (primary N) is 1. The highest BCUT2D eigenvalue weighted by molar-refractivity contribution is 7.91. The van der Waals surface area contributed by atoms with Crippen LogP contribution in [0, 0.1) is 5.41 Å². The summed E-state index contributed by atoms with van der Waals surface area (Å²) >= 11 is 0. The van der Waals surface area contributed by atoms with Crippen molar-refractivity contribution in [1.82, 2.24) is 4.90 Å². The highest BCUT2D eigenvalue weighted by Gasteiger charge is 2.19. The summed E-state index contributed by atoms with van der Waals surface area (Å²) in [4.78, 5) is 1.93. The summed E-state index contributed by atoms with van der Waals surface area (Å²) in [5.41, 5.74) is 4.89. The summed E-state index contributed by atoms with van der Waals surface area (Å²) in [6.45, 7) is 4.05. The Balaban J connectivity index is 2.78. The molecule has 0 aliphatic heterocycles. The maximum absolute atomic E-state index is 12.3. The van der Waals surface area contributed by atoms with Gasteiger partial charge in [0.15, 0.2) is 9.84 Å². The molecule has 0 atom stereocenters. The van der Waals surface area contributed by atoms with Crippen LogP contribution in [0.5, 0.6) is 0 Å². The smallest absolute Gasteiger partial charge is 0.179 e. The van der Waals surface area contributed by atoms with Crippen LogP contribution in [-0.4, -0.2) is 55.8 Å². The molecule has 0 bridgehead atoms. The Morgan fingerprint density at radius 2 is 2.05 bits per heavy atom. The number of aliphatic hydroxyl groups is 1. The van der Waals surface area contributed by atoms with Crippen molar-refractivity contribution >= 4 is 15.7 Å². The molecule has 6 nitrogen and oxygen atoms in total. The van der Waals surface area contributed by atoms with Gasteiger partial charge in [0, 0.05) is 18.7 Å². The molecule has 0 unspecified atom stereocenters. The number of likely N-dealkylation sites (N-methyl/N-ethyl adjacent to an activating group) is 1. The molecule has 1 rings (SSSR count). The summed E-state index contributed by atoms with van der Waals surface area (Å²) in [5, 5.41) is 17.1. The number of nitrogens with zero attached hydrogens (tertiary/aromatic N) is 1. The Bertz CT molecular complexity index is 606. The van der Waals surface area contributed by atoms with E-state index in [1.54, 1.807) is 37.9 Å². The van der Waals surface area contributed by atoms with Crippen LogP contribution >= 0.6 is 0 Å². The minimum atomic E-state index is -3.44. The van der Waals surface area contributed by atoms with E-state index in [1.165, 1.54) is 12.1 Å². The zero-order chi connectivity index (χ0) is 16.3. The molecule has 0 aromatic heterocycles. The number of benzene rings is 1. The normalized spacial score (nSPS) is 12.6. The standard InChI is InChI=1S/C14H23N3O3S/c1-14(2,18)10-17(3)7-8-21(19,20)12-6-4-5-11(9-12)13(15)16/h4-6,9,18H,7-8,10H2,1-3H3,(H3,15,16). The monoisotopic (exact) mass is 313 g/mol. The fourth-order valence-corrected chi connectivity index (χ4v) is 3.37. The number of nitrogen functional groups attached to an aromatic ring is 1. The first-order valence-corrected chi connectivity index (χ1v) is 8.25. The van der Waals surface area contributed by atoms with Gasteiger partial charge in [-0.3, -0.25) is 5.41 Å². The first kappa shape index (κ1) is 17.6. The van der Waals surface area contributed by atoms with Crippen LogP contribution in [0.2, 0.25) is 0 Å². The maximum atomic E-state index is 12.3. The average Bonchev–Trinajstić information content (AvgIpc) is 2.35. The van der Waals surface area contributed by atoms with Crippen molar-refractivity contribution in [2.75, 3.05) is 25.9 Å². The third kappa shape index (κ3) is 5.82. The van der Waals surface area contributed by atoms with Crippen molar-refractivity contribution in [3.05, 3.63) is 29.8 Å². The molecule has 0 saturated heterocycles. The van der Waals surface area contributed by atoms with E-state index in [-0.39, 0.29) is 16.5 Å². The number of amidine groups is 1. The molecule has 4 N–H and O–H groups in total. The second-order valence-electron chi connectivity index (χ2n) is 5.81. The predicted octanol–water partition coefficient (Wildman–Crippen LogP) is 0.447. The quantitative estimate of drug-likeness (QED) is 0.500. The molecule has 7 heteroatoms. The molecule has 0 aliphatic rings. The number of nitrogens with one attached hydrogen (secondary N) is 1. The first-order valence-electron chi connectivity index (χ1n) is 6.59. The van der Waals surface area contributed by atoms with E-state index in [2.05, 4.69) is 0 Å². The predicted molar refractivity (Wildman–Crippen MR) is 83.3 cm³/mol. The molecule has 0 aliphatic carbocycles. The van der Waals surface area contributed by atoms with Crippen molar-refractivity contribution in [2.45, 2.75) is 24.3 Å². The molecule has 0 heterocycles. The molecule has 118 valence electrons. The fraction of sp³-hybridized carbons (Fsp3) is 0.500. The van der Waals surface area contributed by atoms with Crippen molar-refractivity contribution in [2.24, 2.45) is 5.73 Å². The first-order chi connectivity index (χ1) is 9.51. The topological polar surface area (TPSA) is 107 Å². The lowest BCUT2D eigenvalue weighted by atomic mass is 10.1. The summed E-state index contributed by atoms with van der Waals surface area (Å²) < 4.78 is 24.6. The van der Waals surface area contributed by atoms with E-state index in [9.17, 15) is 13.5 Å². The van der Waals surface area contributed by atoms with Crippen molar-refractivity contribution in [3.8, 4) is 0 Å². The lowest BCUT2D eigenvalue weighted by molar-refractivity contribution is 0.0463. The SMILES string of the molecule is CN(CCS(=O)(=O)c1cccc(C(=N)N)c1)CC(C)(C)O. The Morgan fingerprint density at radius 3 is 2.57 bits per heavy atom. The molecule has 21 heavy (non-hydrogen) atoms. The highest BCUT2D eigenvalue weighted by Crippen LogP contribution is 2.14. The van der Waals surface area contributed by atoms with Crippen LogP contribution < -0.4 is 5.73 Å². The van der Waals surface area contributed by atoms with Gasteiger partial charge >= 0.3 is 0 Å². The molecular formula is C14H23N3O3S. The van der Waals surface area contributed by atoms with E-state index in [0.29, 0.717) is 18.7 Å². The second-order valence-corrected chi connectivity index (χ2v) is 7.92. The van der Waals surface area contributed by atoms with Gasteiger partial charge < -0.3 is 15.7 Å². The Labute approximate surface area is 126 Å². The summed E-state index contributed by atoms with van der Waals surface area (Å²) in [6.07, 6.45) is 0.